The monoisotopic (exact) mass is 240 g/mol. The number of carbonyl (C=O) groups excluding carboxylic acids is 1. The molecular weight excluding hydrogens is 224 g/mol. The van der Waals surface area contributed by atoms with E-state index in [0.717, 1.165) is 30.2 Å². The summed E-state index contributed by atoms with van der Waals surface area (Å²) in [4.78, 5) is 19.1. The number of rotatable bonds is 7. The molecule has 4 nitrogen and oxygen atoms in total. The number of methoxy groups -OCH3 is 1. The number of thioether (sulfide) groups is 1. The van der Waals surface area contributed by atoms with Crippen LogP contribution in [0.1, 0.15) is 25.7 Å². The molecule has 0 unspecified atom stereocenters. The van der Waals surface area contributed by atoms with E-state index in [-0.39, 0.29) is 5.97 Å². The van der Waals surface area contributed by atoms with Crippen molar-refractivity contribution in [2.45, 2.75) is 30.8 Å². The van der Waals surface area contributed by atoms with Gasteiger partial charge in [0.05, 0.1) is 7.11 Å². The van der Waals surface area contributed by atoms with Crippen LogP contribution in [0.3, 0.4) is 0 Å². The number of unbranched alkanes of at least 4 members (excludes halogenated alkanes) is 2. The van der Waals surface area contributed by atoms with Crippen molar-refractivity contribution >= 4 is 17.7 Å². The first kappa shape index (κ1) is 13.0. The van der Waals surface area contributed by atoms with Gasteiger partial charge in [0.15, 0.2) is 5.16 Å². The fourth-order valence-corrected chi connectivity index (χ4v) is 1.98. The minimum atomic E-state index is -0.126. The fraction of sp³-hybridized carbons (Fsp3) is 0.545. The molecule has 5 heteroatoms. The Bertz CT molecular complexity index is 306. The third-order valence-corrected chi connectivity index (χ3v) is 2.99. The Morgan fingerprint density at radius 3 is 2.75 bits per heavy atom. The summed E-state index contributed by atoms with van der Waals surface area (Å²) in [7, 11) is 1.42. The number of aromatic nitrogens is 2. The second-order valence-electron chi connectivity index (χ2n) is 3.27. The average Bonchev–Trinajstić information content (AvgIpc) is 2.34. The molecule has 0 fully saturated rings. The van der Waals surface area contributed by atoms with E-state index in [2.05, 4.69) is 14.7 Å². The summed E-state index contributed by atoms with van der Waals surface area (Å²) >= 11 is 1.65. The smallest absolute Gasteiger partial charge is 0.305 e. The molecule has 0 amide bonds. The third kappa shape index (κ3) is 5.70. The molecule has 0 spiro atoms. The molecule has 88 valence electrons. The van der Waals surface area contributed by atoms with E-state index in [1.165, 1.54) is 7.11 Å². The summed E-state index contributed by atoms with van der Waals surface area (Å²) in [5, 5.41) is 0.815. The summed E-state index contributed by atoms with van der Waals surface area (Å²) in [5.74, 6) is 0.865. The summed E-state index contributed by atoms with van der Waals surface area (Å²) in [6.45, 7) is 0. The van der Waals surface area contributed by atoms with Crippen molar-refractivity contribution in [3.8, 4) is 0 Å². The van der Waals surface area contributed by atoms with Gasteiger partial charge in [-0.25, -0.2) is 9.97 Å². The predicted octanol–water partition coefficient (Wildman–Crippen LogP) is 2.30. The van der Waals surface area contributed by atoms with Crippen LogP contribution >= 0.6 is 11.8 Å². The molecule has 0 radical (unpaired) electrons. The standard InChI is InChI=1S/C11H16N2O2S/c1-15-10(14)6-3-2-4-9-16-11-12-7-5-8-13-11/h5,7-8H,2-4,6,9H2,1H3. The lowest BCUT2D eigenvalue weighted by Gasteiger charge is -2.00. The van der Waals surface area contributed by atoms with Crippen molar-refractivity contribution in [1.82, 2.24) is 9.97 Å². The minimum Gasteiger partial charge on any atom is -0.469 e. The Morgan fingerprint density at radius 1 is 1.31 bits per heavy atom. The quantitative estimate of drug-likeness (QED) is 0.317. The molecular formula is C11H16N2O2S. The van der Waals surface area contributed by atoms with Crippen molar-refractivity contribution in [3.63, 3.8) is 0 Å². The molecule has 0 saturated carbocycles. The number of hydrogen-bond donors (Lipinski definition) is 0. The predicted molar refractivity (Wildman–Crippen MR) is 63.2 cm³/mol. The summed E-state index contributed by atoms with van der Waals surface area (Å²) in [6.07, 6.45) is 7.00. The normalized spacial score (nSPS) is 10.1. The van der Waals surface area contributed by atoms with Crippen LogP contribution in [0.25, 0.3) is 0 Å². The summed E-state index contributed by atoms with van der Waals surface area (Å²) < 4.78 is 4.56. The van der Waals surface area contributed by atoms with Gasteiger partial charge in [0.25, 0.3) is 0 Å². The topological polar surface area (TPSA) is 52.1 Å². The lowest BCUT2D eigenvalue weighted by molar-refractivity contribution is -0.140. The Morgan fingerprint density at radius 2 is 2.06 bits per heavy atom. The van der Waals surface area contributed by atoms with E-state index in [1.807, 2.05) is 0 Å². The van der Waals surface area contributed by atoms with Gasteiger partial charge in [-0.15, -0.1) is 0 Å². The van der Waals surface area contributed by atoms with Gasteiger partial charge in [0.1, 0.15) is 0 Å². The summed E-state index contributed by atoms with van der Waals surface area (Å²) in [6, 6.07) is 1.81. The van der Waals surface area contributed by atoms with E-state index in [9.17, 15) is 4.79 Å². The molecule has 0 saturated heterocycles. The molecule has 1 heterocycles. The van der Waals surface area contributed by atoms with E-state index in [1.54, 1.807) is 30.2 Å². The van der Waals surface area contributed by atoms with Gasteiger partial charge in [0, 0.05) is 24.6 Å². The molecule has 0 aromatic carbocycles. The van der Waals surface area contributed by atoms with E-state index in [4.69, 9.17) is 0 Å². The Labute approximate surface area is 99.8 Å². The van der Waals surface area contributed by atoms with Crippen molar-refractivity contribution in [2.24, 2.45) is 0 Å². The molecule has 0 aliphatic rings. The zero-order chi connectivity index (χ0) is 11.6. The maximum atomic E-state index is 10.8. The number of hydrogen-bond acceptors (Lipinski definition) is 5. The lowest BCUT2D eigenvalue weighted by atomic mass is 10.2. The van der Waals surface area contributed by atoms with Gasteiger partial charge in [0.2, 0.25) is 0 Å². The van der Waals surface area contributed by atoms with Crippen molar-refractivity contribution in [1.29, 1.82) is 0 Å². The first-order valence-corrected chi connectivity index (χ1v) is 6.28. The second-order valence-corrected chi connectivity index (χ2v) is 4.33. The van der Waals surface area contributed by atoms with Crippen LogP contribution in [0.2, 0.25) is 0 Å². The third-order valence-electron chi connectivity index (χ3n) is 2.03. The lowest BCUT2D eigenvalue weighted by Crippen LogP contribution is -1.99. The van der Waals surface area contributed by atoms with Gasteiger partial charge in [-0.3, -0.25) is 4.79 Å². The maximum absolute atomic E-state index is 10.8. The fourth-order valence-electron chi connectivity index (χ4n) is 1.17. The highest BCUT2D eigenvalue weighted by Gasteiger charge is 2.00. The zero-order valence-corrected chi connectivity index (χ0v) is 10.2. The minimum absolute atomic E-state index is 0.126. The highest BCUT2D eigenvalue weighted by molar-refractivity contribution is 7.99. The first-order chi connectivity index (χ1) is 7.83. The molecule has 1 aromatic rings. The van der Waals surface area contributed by atoms with E-state index < -0.39 is 0 Å². The molecule has 1 aromatic heterocycles. The highest BCUT2D eigenvalue weighted by atomic mass is 32.2. The maximum Gasteiger partial charge on any atom is 0.305 e. The van der Waals surface area contributed by atoms with Gasteiger partial charge >= 0.3 is 5.97 Å². The molecule has 1 rings (SSSR count). The molecule has 16 heavy (non-hydrogen) atoms. The van der Waals surface area contributed by atoms with Crippen LogP contribution in [0.15, 0.2) is 23.6 Å². The van der Waals surface area contributed by atoms with Gasteiger partial charge in [-0.1, -0.05) is 18.2 Å². The van der Waals surface area contributed by atoms with Crippen LogP contribution in [-0.4, -0.2) is 28.8 Å². The molecule has 0 N–H and O–H groups in total. The Hall–Kier alpha value is -1.10. The van der Waals surface area contributed by atoms with Crippen LogP contribution in [0.5, 0.6) is 0 Å². The van der Waals surface area contributed by atoms with Crippen LogP contribution in [-0.2, 0) is 9.53 Å². The molecule has 0 aliphatic carbocycles. The number of carbonyl (C=O) groups is 1. The first-order valence-electron chi connectivity index (χ1n) is 5.29. The number of ether oxygens (including phenoxy) is 1. The van der Waals surface area contributed by atoms with E-state index in [0.29, 0.717) is 6.42 Å². The molecule has 0 atom stereocenters. The summed E-state index contributed by atoms with van der Waals surface area (Å²) in [5.41, 5.74) is 0. The van der Waals surface area contributed by atoms with Crippen LogP contribution in [0.4, 0.5) is 0 Å². The zero-order valence-electron chi connectivity index (χ0n) is 9.39. The highest BCUT2D eigenvalue weighted by Crippen LogP contribution is 2.14. The van der Waals surface area contributed by atoms with Gasteiger partial charge in [-0.05, 0) is 18.9 Å². The molecule has 0 bridgehead atoms. The van der Waals surface area contributed by atoms with Crippen LogP contribution in [0, 0.1) is 0 Å². The second kappa shape index (κ2) is 8.10. The number of esters is 1. The molecule has 0 aliphatic heterocycles. The Kier molecular flexibility index (Phi) is 6.56. The van der Waals surface area contributed by atoms with E-state index >= 15 is 0 Å². The Balaban J connectivity index is 1.98. The van der Waals surface area contributed by atoms with Crippen molar-refractivity contribution < 1.29 is 9.53 Å². The number of nitrogens with zero attached hydrogens (tertiary/aromatic N) is 2. The SMILES string of the molecule is COC(=O)CCCCCSc1ncccn1. The van der Waals surface area contributed by atoms with Gasteiger partial charge < -0.3 is 4.74 Å². The average molecular weight is 240 g/mol. The van der Waals surface area contributed by atoms with Gasteiger partial charge in [-0.2, -0.15) is 0 Å². The van der Waals surface area contributed by atoms with Crippen molar-refractivity contribution in [3.05, 3.63) is 18.5 Å². The van der Waals surface area contributed by atoms with Crippen LogP contribution < -0.4 is 0 Å². The van der Waals surface area contributed by atoms with Crippen molar-refractivity contribution in [2.75, 3.05) is 12.9 Å². The largest absolute Gasteiger partial charge is 0.469 e.